The van der Waals surface area contributed by atoms with Crippen LogP contribution in [0.15, 0.2) is 36.4 Å². The van der Waals surface area contributed by atoms with Gasteiger partial charge in [0.05, 0.1) is 6.10 Å². The van der Waals surface area contributed by atoms with Crippen LogP contribution < -0.4 is 4.74 Å². The van der Waals surface area contributed by atoms with E-state index >= 15 is 0 Å². The van der Waals surface area contributed by atoms with Crippen LogP contribution in [0, 0.1) is 18.6 Å². The molecule has 2 aromatic carbocycles. The average molecular weight is 276 g/mol. The van der Waals surface area contributed by atoms with Gasteiger partial charge in [0.1, 0.15) is 23.5 Å². The van der Waals surface area contributed by atoms with Crippen molar-refractivity contribution in [3.63, 3.8) is 0 Å². The molecule has 0 amide bonds. The molecule has 1 aliphatic rings. The van der Waals surface area contributed by atoms with Gasteiger partial charge >= 0.3 is 0 Å². The Bertz CT molecular complexity index is 635. The van der Waals surface area contributed by atoms with Crippen LogP contribution in [0.2, 0.25) is 0 Å². The molecule has 0 saturated heterocycles. The van der Waals surface area contributed by atoms with Gasteiger partial charge in [-0.1, -0.05) is 11.6 Å². The van der Waals surface area contributed by atoms with Crippen molar-refractivity contribution in [2.24, 2.45) is 0 Å². The zero-order valence-electron chi connectivity index (χ0n) is 10.9. The molecule has 2 aromatic rings. The molecule has 0 radical (unpaired) electrons. The van der Waals surface area contributed by atoms with Crippen molar-refractivity contribution in [1.29, 1.82) is 0 Å². The maximum atomic E-state index is 13.3. The number of benzene rings is 2. The summed E-state index contributed by atoms with van der Waals surface area (Å²) in [6.07, 6.45) is -0.973. The maximum Gasteiger partial charge on any atom is 0.127 e. The zero-order valence-corrected chi connectivity index (χ0v) is 10.9. The van der Waals surface area contributed by atoms with Crippen LogP contribution in [0.1, 0.15) is 35.3 Å². The lowest BCUT2D eigenvalue weighted by Crippen LogP contribution is -2.19. The molecular weight excluding hydrogens is 262 g/mol. The van der Waals surface area contributed by atoms with E-state index in [9.17, 15) is 13.9 Å². The van der Waals surface area contributed by atoms with E-state index in [0.29, 0.717) is 11.3 Å². The second kappa shape index (κ2) is 4.87. The number of aliphatic hydroxyl groups excluding tert-OH is 1. The number of rotatable bonds is 1. The highest BCUT2D eigenvalue weighted by Crippen LogP contribution is 2.41. The smallest absolute Gasteiger partial charge is 0.127 e. The SMILES string of the molecule is Cc1ccc2c(c1)[C@H](O)CC(c1cc(F)cc(F)c1)O2. The summed E-state index contributed by atoms with van der Waals surface area (Å²) >= 11 is 0. The van der Waals surface area contributed by atoms with Gasteiger partial charge in [-0.25, -0.2) is 8.78 Å². The number of hydrogen-bond acceptors (Lipinski definition) is 2. The standard InChI is InChI=1S/C16H14F2O2/c1-9-2-3-15-13(4-9)14(19)8-16(20-15)10-5-11(17)7-12(18)6-10/h2-7,14,16,19H,8H2,1H3/t14-,16?/m1/s1. The first-order valence-corrected chi connectivity index (χ1v) is 6.44. The summed E-state index contributed by atoms with van der Waals surface area (Å²) in [4.78, 5) is 0. The van der Waals surface area contributed by atoms with Crippen molar-refractivity contribution in [3.8, 4) is 5.75 Å². The highest BCUT2D eigenvalue weighted by atomic mass is 19.1. The molecule has 20 heavy (non-hydrogen) atoms. The van der Waals surface area contributed by atoms with Crippen molar-refractivity contribution in [3.05, 3.63) is 64.7 Å². The number of ether oxygens (including phenoxy) is 1. The molecule has 2 nitrogen and oxygen atoms in total. The lowest BCUT2D eigenvalue weighted by Gasteiger charge is -2.30. The van der Waals surface area contributed by atoms with E-state index in [1.807, 2.05) is 19.1 Å². The summed E-state index contributed by atoms with van der Waals surface area (Å²) in [6.45, 7) is 1.93. The van der Waals surface area contributed by atoms with Gasteiger partial charge < -0.3 is 9.84 Å². The predicted octanol–water partition coefficient (Wildman–Crippen LogP) is 3.83. The molecule has 1 aliphatic heterocycles. The fourth-order valence-electron chi connectivity index (χ4n) is 2.53. The van der Waals surface area contributed by atoms with E-state index in [-0.39, 0.29) is 6.42 Å². The lowest BCUT2D eigenvalue weighted by molar-refractivity contribution is 0.0653. The number of halogens is 2. The Labute approximate surface area is 115 Å². The zero-order chi connectivity index (χ0) is 14.3. The molecule has 0 aliphatic carbocycles. The Kier molecular flexibility index (Phi) is 3.18. The second-order valence-corrected chi connectivity index (χ2v) is 5.10. The van der Waals surface area contributed by atoms with Crippen LogP contribution >= 0.6 is 0 Å². The molecule has 0 bridgehead atoms. The maximum absolute atomic E-state index is 13.3. The molecule has 4 heteroatoms. The third-order valence-corrected chi connectivity index (χ3v) is 3.49. The normalized spacial score (nSPS) is 21.2. The van der Waals surface area contributed by atoms with Gasteiger partial charge in [0, 0.05) is 18.1 Å². The van der Waals surface area contributed by atoms with E-state index in [1.165, 1.54) is 12.1 Å². The molecule has 0 spiro atoms. The summed E-state index contributed by atoms with van der Waals surface area (Å²) in [5.41, 5.74) is 2.15. The van der Waals surface area contributed by atoms with E-state index in [2.05, 4.69) is 0 Å². The van der Waals surface area contributed by atoms with Crippen LogP contribution in [0.3, 0.4) is 0 Å². The van der Waals surface area contributed by atoms with Crippen LogP contribution in [-0.2, 0) is 0 Å². The topological polar surface area (TPSA) is 29.5 Å². The molecule has 2 atom stereocenters. The fourth-order valence-corrected chi connectivity index (χ4v) is 2.53. The number of aryl methyl sites for hydroxylation is 1. The Hall–Kier alpha value is -1.94. The van der Waals surface area contributed by atoms with Crippen LogP contribution in [0.25, 0.3) is 0 Å². The number of hydrogen-bond donors (Lipinski definition) is 1. The van der Waals surface area contributed by atoms with Gasteiger partial charge in [-0.3, -0.25) is 0 Å². The Morgan fingerprint density at radius 2 is 1.80 bits per heavy atom. The third kappa shape index (κ3) is 2.39. The summed E-state index contributed by atoms with van der Waals surface area (Å²) in [5.74, 6) is -0.732. The van der Waals surface area contributed by atoms with Gasteiger partial charge in [0.25, 0.3) is 0 Å². The summed E-state index contributed by atoms with van der Waals surface area (Å²) in [6, 6.07) is 8.80. The highest BCUT2D eigenvalue weighted by molar-refractivity contribution is 5.41. The van der Waals surface area contributed by atoms with Gasteiger partial charge in [-0.05, 0) is 36.8 Å². The largest absolute Gasteiger partial charge is 0.485 e. The number of aliphatic hydroxyl groups is 1. The van der Waals surface area contributed by atoms with Gasteiger partial charge in [-0.2, -0.15) is 0 Å². The first kappa shape index (κ1) is 13.1. The van der Waals surface area contributed by atoms with Crippen LogP contribution in [-0.4, -0.2) is 5.11 Å². The highest BCUT2D eigenvalue weighted by Gasteiger charge is 2.28. The van der Waals surface area contributed by atoms with Crippen molar-refractivity contribution in [2.75, 3.05) is 0 Å². The minimum atomic E-state index is -0.699. The van der Waals surface area contributed by atoms with Crippen molar-refractivity contribution in [2.45, 2.75) is 25.6 Å². The summed E-state index contributed by atoms with van der Waals surface area (Å²) in [7, 11) is 0. The third-order valence-electron chi connectivity index (χ3n) is 3.49. The first-order valence-electron chi connectivity index (χ1n) is 6.44. The van der Waals surface area contributed by atoms with Crippen molar-refractivity contribution < 1.29 is 18.6 Å². The number of fused-ring (bicyclic) bond motifs is 1. The molecule has 0 fully saturated rings. The summed E-state index contributed by atoms with van der Waals surface area (Å²) in [5, 5.41) is 10.2. The predicted molar refractivity (Wildman–Crippen MR) is 70.5 cm³/mol. The lowest BCUT2D eigenvalue weighted by atomic mass is 9.94. The monoisotopic (exact) mass is 276 g/mol. The quantitative estimate of drug-likeness (QED) is 0.857. The van der Waals surface area contributed by atoms with E-state index in [1.54, 1.807) is 6.07 Å². The molecule has 1 heterocycles. The fraction of sp³-hybridized carbons (Fsp3) is 0.250. The van der Waals surface area contributed by atoms with Gasteiger partial charge in [-0.15, -0.1) is 0 Å². The molecule has 0 aromatic heterocycles. The van der Waals surface area contributed by atoms with Gasteiger partial charge in [0.15, 0.2) is 0 Å². The van der Waals surface area contributed by atoms with Crippen molar-refractivity contribution in [1.82, 2.24) is 0 Å². The minimum Gasteiger partial charge on any atom is -0.485 e. The van der Waals surface area contributed by atoms with Gasteiger partial charge in [0.2, 0.25) is 0 Å². The van der Waals surface area contributed by atoms with Crippen LogP contribution in [0.4, 0.5) is 8.78 Å². The first-order chi connectivity index (χ1) is 9.52. The van der Waals surface area contributed by atoms with E-state index < -0.39 is 23.8 Å². The molecule has 104 valence electrons. The molecule has 1 N–H and O–H groups in total. The molecule has 1 unspecified atom stereocenters. The van der Waals surface area contributed by atoms with Crippen molar-refractivity contribution >= 4 is 0 Å². The Balaban J connectivity index is 1.96. The van der Waals surface area contributed by atoms with E-state index in [4.69, 9.17) is 4.74 Å². The second-order valence-electron chi connectivity index (χ2n) is 5.10. The molecular formula is C16H14F2O2. The summed E-state index contributed by atoms with van der Waals surface area (Å²) < 4.78 is 32.3. The average Bonchev–Trinajstić information content (AvgIpc) is 2.38. The molecule has 3 rings (SSSR count). The Morgan fingerprint density at radius 1 is 1.10 bits per heavy atom. The van der Waals surface area contributed by atoms with Crippen LogP contribution in [0.5, 0.6) is 5.75 Å². The van der Waals surface area contributed by atoms with E-state index in [0.717, 1.165) is 17.2 Å². The molecule has 0 saturated carbocycles. The Morgan fingerprint density at radius 3 is 2.50 bits per heavy atom. The minimum absolute atomic E-state index is 0.277.